The molecule has 2 aromatic heterocycles. The number of rotatable bonds is 6. The molecule has 2 heterocycles. The lowest BCUT2D eigenvalue weighted by Crippen LogP contribution is -2.34. The first kappa shape index (κ1) is 20.0. The van der Waals surface area contributed by atoms with Crippen molar-refractivity contribution in [3.63, 3.8) is 0 Å². The van der Waals surface area contributed by atoms with Gasteiger partial charge in [0, 0.05) is 6.20 Å². The minimum atomic E-state index is -0.158. The molecule has 0 atom stereocenters. The Morgan fingerprint density at radius 2 is 1.83 bits per heavy atom. The van der Waals surface area contributed by atoms with Crippen LogP contribution >= 0.6 is 11.3 Å². The zero-order valence-corrected chi connectivity index (χ0v) is 18.1. The maximum Gasteiger partial charge on any atom is 0.267 e. The van der Waals surface area contributed by atoms with Crippen LogP contribution in [0.5, 0.6) is 5.75 Å². The average Bonchev–Trinajstić information content (AvgIpc) is 3.16. The molecule has 30 heavy (non-hydrogen) atoms. The summed E-state index contributed by atoms with van der Waals surface area (Å²) in [5.41, 5.74) is 5.17. The standard InChI is InChI=1S/C24H23N3O2S/c1-16-7-9-20(10-8-16)29-15-22(28)27(14-19-6-4-5-11-25-19)24-26-21-13-17(2)12-18(3)23(21)30-24/h4-13H,14-15H2,1-3H3. The van der Waals surface area contributed by atoms with Crippen molar-refractivity contribution >= 4 is 32.6 Å². The first-order chi connectivity index (χ1) is 14.5. The Labute approximate surface area is 180 Å². The highest BCUT2D eigenvalue weighted by molar-refractivity contribution is 7.22. The maximum absolute atomic E-state index is 13.2. The molecule has 4 aromatic rings. The normalized spacial score (nSPS) is 10.9. The number of aryl methyl sites for hydroxylation is 3. The Morgan fingerprint density at radius 3 is 2.57 bits per heavy atom. The number of pyridine rings is 1. The summed E-state index contributed by atoms with van der Waals surface area (Å²) >= 11 is 1.52. The van der Waals surface area contributed by atoms with Crippen LogP contribution in [-0.4, -0.2) is 22.5 Å². The predicted molar refractivity (Wildman–Crippen MR) is 121 cm³/mol. The van der Waals surface area contributed by atoms with Gasteiger partial charge in [0.15, 0.2) is 11.7 Å². The number of amides is 1. The molecule has 0 radical (unpaired) electrons. The second kappa shape index (κ2) is 8.63. The SMILES string of the molecule is Cc1ccc(OCC(=O)N(Cc2ccccn2)c2nc3cc(C)cc(C)c3s2)cc1. The quantitative estimate of drug-likeness (QED) is 0.431. The fraction of sp³-hybridized carbons (Fsp3) is 0.208. The van der Waals surface area contributed by atoms with E-state index in [0.717, 1.165) is 32.6 Å². The molecule has 0 aliphatic rings. The maximum atomic E-state index is 13.2. The number of anilines is 1. The molecule has 0 saturated carbocycles. The minimum Gasteiger partial charge on any atom is -0.484 e. The van der Waals surface area contributed by atoms with Crippen LogP contribution < -0.4 is 9.64 Å². The summed E-state index contributed by atoms with van der Waals surface area (Å²) in [6.07, 6.45) is 1.73. The molecule has 0 spiro atoms. The minimum absolute atomic E-state index is 0.0656. The number of carbonyl (C=O) groups is 1. The summed E-state index contributed by atoms with van der Waals surface area (Å²) in [4.78, 5) is 24.0. The van der Waals surface area contributed by atoms with Gasteiger partial charge in [0.1, 0.15) is 5.75 Å². The molecule has 0 unspecified atom stereocenters. The Kier molecular flexibility index (Phi) is 5.77. The molecule has 0 N–H and O–H groups in total. The predicted octanol–water partition coefficient (Wildman–Crippen LogP) is 5.23. The topological polar surface area (TPSA) is 55.3 Å². The van der Waals surface area contributed by atoms with Crippen molar-refractivity contribution in [2.45, 2.75) is 27.3 Å². The van der Waals surface area contributed by atoms with E-state index in [0.29, 0.717) is 17.4 Å². The summed E-state index contributed by atoms with van der Waals surface area (Å²) in [7, 11) is 0. The van der Waals surface area contributed by atoms with Gasteiger partial charge in [-0.25, -0.2) is 4.98 Å². The summed E-state index contributed by atoms with van der Waals surface area (Å²) in [6, 6.07) is 17.5. The summed E-state index contributed by atoms with van der Waals surface area (Å²) in [5.74, 6) is 0.511. The van der Waals surface area contributed by atoms with E-state index in [1.165, 1.54) is 11.3 Å². The third-order valence-corrected chi connectivity index (χ3v) is 6.00. The molecule has 0 aliphatic heterocycles. The first-order valence-electron chi connectivity index (χ1n) is 9.77. The summed E-state index contributed by atoms with van der Waals surface area (Å²) in [6.45, 7) is 6.42. The Balaban J connectivity index is 1.63. The van der Waals surface area contributed by atoms with Crippen LogP contribution in [0.3, 0.4) is 0 Å². The van der Waals surface area contributed by atoms with Crippen LogP contribution in [0.1, 0.15) is 22.4 Å². The summed E-state index contributed by atoms with van der Waals surface area (Å²) < 4.78 is 6.84. The zero-order valence-electron chi connectivity index (χ0n) is 17.3. The van der Waals surface area contributed by atoms with Crippen molar-refractivity contribution in [1.29, 1.82) is 0 Å². The molecule has 2 aromatic carbocycles. The van der Waals surface area contributed by atoms with Crippen LogP contribution in [-0.2, 0) is 11.3 Å². The second-order valence-corrected chi connectivity index (χ2v) is 8.31. The Morgan fingerprint density at radius 1 is 1.03 bits per heavy atom. The van der Waals surface area contributed by atoms with Crippen LogP contribution in [0.4, 0.5) is 5.13 Å². The van der Waals surface area contributed by atoms with Crippen LogP contribution in [0.2, 0.25) is 0 Å². The van der Waals surface area contributed by atoms with Crippen molar-refractivity contribution in [3.8, 4) is 5.75 Å². The van der Waals surface area contributed by atoms with Gasteiger partial charge >= 0.3 is 0 Å². The highest BCUT2D eigenvalue weighted by atomic mass is 32.1. The number of thiazole rings is 1. The number of nitrogens with zero attached hydrogens (tertiary/aromatic N) is 3. The number of fused-ring (bicyclic) bond motifs is 1. The zero-order chi connectivity index (χ0) is 21.1. The Bertz CT molecular complexity index is 1170. The highest BCUT2D eigenvalue weighted by Crippen LogP contribution is 2.33. The molecule has 6 heteroatoms. The summed E-state index contributed by atoms with van der Waals surface area (Å²) in [5, 5.41) is 0.654. The third kappa shape index (κ3) is 4.49. The van der Waals surface area contributed by atoms with Gasteiger partial charge < -0.3 is 4.74 Å². The molecular weight excluding hydrogens is 394 g/mol. The van der Waals surface area contributed by atoms with E-state index in [2.05, 4.69) is 31.0 Å². The van der Waals surface area contributed by atoms with Gasteiger partial charge in [-0.1, -0.05) is 41.2 Å². The molecule has 0 bridgehead atoms. The number of aromatic nitrogens is 2. The molecule has 152 valence electrons. The first-order valence-corrected chi connectivity index (χ1v) is 10.6. The van der Waals surface area contributed by atoms with E-state index < -0.39 is 0 Å². The second-order valence-electron chi connectivity index (χ2n) is 7.33. The van der Waals surface area contributed by atoms with Crippen molar-refractivity contribution in [1.82, 2.24) is 9.97 Å². The molecular formula is C24H23N3O2S. The lowest BCUT2D eigenvalue weighted by Gasteiger charge is -2.19. The third-order valence-electron chi connectivity index (χ3n) is 4.77. The van der Waals surface area contributed by atoms with E-state index in [9.17, 15) is 4.79 Å². The van der Waals surface area contributed by atoms with E-state index in [1.54, 1.807) is 11.1 Å². The van der Waals surface area contributed by atoms with Crippen LogP contribution in [0, 0.1) is 20.8 Å². The fourth-order valence-corrected chi connectivity index (χ4v) is 4.29. The smallest absolute Gasteiger partial charge is 0.267 e. The molecule has 0 saturated heterocycles. The monoisotopic (exact) mass is 417 g/mol. The van der Waals surface area contributed by atoms with Crippen molar-refractivity contribution in [3.05, 3.63) is 83.2 Å². The van der Waals surface area contributed by atoms with Gasteiger partial charge in [0.2, 0.25) is 0 Å². The largest absolute Gasteiger partial charge is 0.484 e. The number of carbonyl (C=O) groups excluding carboxylic acids is 1. The molecule has 4 rings (SSSR count). The molecule has 0 aliphatic carbocycles. The van der Waals surface area contributed by atoms with Gasteiger partial charge in [0.25, 0.3) is 5.91 Å². The van der Waals surface area contributed by atoms with Gasteiger partial charge in [0.05, 0.1) is 22.5 Å². The highest BCUT2D eigenvalue weighted by Gasteiger charge is 2.22. The lowest BCUT2D eigenvalue weighted by molar-refractivity contribution is -0.120. The van der Waals surface area contributed by atoms with E-state index >= 15 is 0 Å². The van der Waals surface area contributed by atoms with Gasteiger partial charge in [-0.2, -0.15) is 0 Å². The van der Waals surface area contributed by atoms with Gasteiger partial charge in [-0.3, -0.25) is 14.7 Å². The lowest BCUT2D eigenvalue weighted by atomic mass is 10.1. The van der Waals surface area contributed by atoms with Crippen molar-refractivity contribution in [2.75, 3.05) is 11.5 Å². The van der Waals surface area contributed by atoms with E-state index in [1.807, 2.05) is 49.4 Å². The molecule has 0 fully saturated rings. The van der Waals surface area contributed by atoms with E-state index in [-0.39, 0.29) is 12.5 Å². The fourth-order valence-electron chi connectivity index (χ4n) is 3.25. The average molecular weight is 418 g/mol. The van der Waals surface area contributed by atoms with Gasteiger partial charge in [-0.05, 0) is 62.2 Å². The van der Waals surface area contributed by atoms with E-state index in [4.69, 9.17) is 9.72 Å². The number of ether oxygens (including phenoxy) is 1. The van der Waals surface area contributed by atoms with Crippen molar-refractivity contribution in [2.24, 2.45) is 0 Å². The molecule has 5 nitrogen and oxygen atoms in total. The number of hydrogen-bond acceptors (Lipinski definition) is 5. The van der Waals surface area contributed by atoms with Crippen LogP contribution in [0.25, 0.3) is 10.2 Å². The Hall–Kier alpha value is -3.25. The number of benzene rings is 2. The number of hydrogen-bond donors (Lipinski definition) is 0. The molecule has 1 amide bonds. The van der Waals surface area contributed by atoms with Crippen LogP contribution in [0.15, 0.2) is 60.8 Å². The van der Waals surface area contributed by atoms with Crippen molar-refractivity contribution < 1.29 is 9.53 Å². The van der Waals surface area contributed by atoms with Gasteiger partial charge in [-0.15, -0.1) is 0 Å².